The molecule has 0 aliphatic carbocycles. The molecular formula is C14H15NO2. The van der Waals surface area contributed by atoms with E-state index in [1.807, 2.05) is 30.3 Å². The van der Waals surface area contributed by atoms with Crippen molar-refractivity contribution in [3.8, 4) is 11.1 Å². The van der Waals surface area contributed by atoms with E-state index >= 15 is 0 Å². The van der Waals surface area contributed by atoms with Crippen molar-refractivity contribution in [2.45, 2.75) is 12.8 Å². The predicted molar refractivity (Wildman–Crippen MR) is 67.9 cm³/mol. The van der Waals surface area contributed by atoms with E-state index in [0.717, 1.165) is 23.1 Å². The van der Waals surface area contributed by atoms with Crippen LogP contribution in [0.4, 0.5) is 0 Å². The van der Waals surface area contributed by atoms with E-state index in [1.165, 1.54) is 0 Å². The molecule has 0 radical (unpaired) electrons. The highest BCUT2D eigenvalue weighted by Crippen LogP contribution is 2.22. The van der Waals surface area contributed by atoms with Crippen LogP contribution in [0, 0.1) is 0 Å². The molecule has 2 aromatic rings. The summed E-state index contributed by atoms with van der Waals surface area (Å²) in [6, 6.07) is 11.4. The van der Waals surface area contributed by atoms with E-state index in [-0.39, 0.29) is 12.2 Å². The average Bonchev–Trinajstić information content (AvgIpc) is 2.38. The lowest BCUT2D eigenvalue weighted by molar-refractivity contribution is 0.288. The monoisotopic (exact) mass is 229 g/mol. The topological polar surface area (TPSA) is 53.1 Å². The Morgan fingerprint density at radius 1 is 1.18 bits per heavy atom. The van der Waals surface area contributed by atoms with Gasteiger partial charge in [0.1, 0.15) is 0 Å². The summed E-state index contributed by atoms with van der Waals surface area (Å²) in [6.07, 6.45) is 3.20. The van der Waals surface area contributed by atoms with Crippen LogP contribution in [-0.2, 0) is 6.42 Å². The Morgan fingerprint density at radius 2 is 1.94 bits per heavy atom. The van der Waals surface area contributed by atoms with Gasteiger partial charge in [0.15, 0.2) is 0 Å². The normalized spacial score (nSPS) is 10.4. The minimum absolute atomic E-state index is 0.100. The molecule has 1 aromatic heterocycles. The third kappa shape index (κ3) is 2.82. The summed E-state index contributed by atoms with van der Waals surface area (Å²) in [5, 5.41) is 8.87. The number of H-pyrrole nitrogens is 1. The highest BCUT2D eigenvalue weighted by Gasteiger charge is 2.05. The fourth-order valence-electron chi connectivity index (χ4n) is 1.86. The Morgan fingerprint density at radius 3 is 2.65 bits per heavy atom. The van der Waals surface area contributed by atoms with Gasteiger partial charge in [-0.05, 0) is 29.5 Å². The number of aromatic nitrogens is 1. The molecule has 0 unspecified atom stereocenters. The Labute approximate surface area is 99.8 Å². The van der Waals surface area contributed by atoms with Gasteiger partial charge < -0.3 is 10.1 Å². The van der Waals surface area contributed by atoms with Gasteiger partial charge in [0.05, 0.1) is 0 Å². The molecule has 0 fully saturated rings. The number of nitrogens with one attached hydrogen (secondary N) is 1. The molecule has 3 heteroatoms. The van der Waals surface area contributed by atoms with E-state index in [9.17, 15) is 4.79 Å². The standard InChI is InChI=1S/C14H15NO2/c16-8-4-7-12-10-15-14(17)9-13(12)11-5-2-1-3-6-11/h1-3,5-6,9-10,16H,4,7-8H2,(H,15,17). The number of aliphatic hydroxyl groups is 1. The van der Waals surface area contributed by atoms with Gasteiger partial charge in [-0.2, -0.15) is 0 Å². The molecule has 0 atom stereocenters. The quantitative estimate of drug-likeness (QED) is 0.842. The third-order valence-corrected chi connectivity index (χ3v) is 2.70. The minimum Gasteiger partial charge on any atom is -0.396 e. The Kier molecular flexibility index (Phi) is 3.73. The lowest BCUT2D eigenvalue weighted by Gasteiger charge is -2.08. The molecule has 2 rings (SSSR count). The molecule has 0 amide bonds. The van der Waals surface area contributed by atoms with Crippen molar-refractivity contribution >= 4 is 0 Å². The summed E-state index contributed by atoms with van der Waals surface area (Å²) in [5.41, 5.74) is 2.94. The average molecular weight is 229 g/mol. The van der Waals surface area contributed by atoms with E-state index in [1.54, 1.807) is 12.3 Å². The van der Waals surface area contributed by atoms with Crippen LogP contribution < -0.4 is 5.56 Å². The van der Waals surface area contributed by atoms with Crippen molar-refractivity contribution < 1.29 is 5.11 Å². The summed E-state index contributed by atoms with van der Waals surface area (Å²) >= 11 is 0. The van der Waals surface area contributed by atoms with Gasteiger partial charge in [-0.25, -0.2) is 0 Å². The van der Waals surface area contributed by atoms with Crippen molar-refractivity contribution in [2.24, 2.45) is 0 Å². The summed E-state index contributed by atoms with van der Waals surface area (Å²) in [6.45, 7) is 0.160. The lowest BCUT2D eigenvalue weighted by Crippen LogP contribution is -2.06. The zero-order valence-corrected chi connectivity index (χ0v) is 9.52. The van der Waals surface area contributed by atoms with Gasteiger partial charge in [0, 0.05) is 18.9 Å². The molecule has 3 nitrogen and oxygen atoms in total. The number of hydrogen-bond donors (Lipinski definition) is 2. The zero-order chi connectivity index (χ0) is 12.1. The van der Waals surface area contributed by atoms with Gasteiger partial charge in [0.25, 0.3) is 0 Å². The first-order valence-electron chi connectivity index (χ1n) is 5.69. The van der Waals surface area contributed by atoms with Crippen LogP contribution in [0.3, 0.4) is 0 Å². The molecule has 0 aliphatic heterocycles. The van der Waals surface area contributed by atoms with Gasteiger partial charge in [-0.15, -0.1) is 0 Å². The first-order valence-corrected chi connectivity index (χ1v) is 5.69. The molecular weight excluding hydrogens is 214 g/mol. The molecule has 2 N–H and O–H groups in total. The third-order valence-electron chi connectivity index (χ3n) is 2.70. The van der Waals surface area contributed by atoms with Gasteiger partial charge >= 0.3 is 0 Å². The predicted octanol–water partition coefficient (Wildman–Crippen LogP) is 1.97. The fraction of sp³-hybridized carbons (Fsp3) is 0.214. The largest absolute Gasteiger partial charge is 0.396 e. The second kappa shape index (κ2) is 5.46. The highest BCUT2D eigenvalue weighted by atomic mass is 16.2. The lowest BCUT2D eigenvalue weighted by atomic mass is 9.99. The van der Waals surface area contributed by atoms with Crippen LogP contribution >= 0.6 is 0 Å². The van der Waals surface area contributed by atoms with E-state index < -0.39 is 0 Å². The van der Waals surface area contributed by atoms with Crippen LogP contribution in [0.2, 0.25) is 0 Å². The van der Waals surface area contributed by atoms with E-state index in [0.29, 0.717) is 6.42 Å². The van der Waals surface area contributed by atoms with Gasteiger partial charge in [-0.1, -0.05) is 30.3 Å². The van der Waals surface area contributed by atoms with E-state index in [2.05, 4.69) is 4.98 Å². The number of rotatable bonds is 4. The maximum Gasteiger partial charge on any atom is 0.248 e. The molecule has 0 saturated carbocycles. The molecule has 0 saturated heterocycles. The maximum atomic E-state index is 11.4. The van der Waals surface area contributed by atoms with Crippen molar-refractivity contribution in [3.05, 3.63) is 58.5 Å². The van der Waals surface area contributed by atoms with Crippen molar-refractivity contribution in [1.29, 1.82) is 0 Å². The molecule has 17 heavy (non-hydrogen) atoms. The molecule has 0 bridgehead atoms. The fourth-order valence-corrected chi connectivity index (χ4v) is 1.86. The van der Waals surface area contributed by atoms with Crippen LogP contribution in [0.15, 0.2) is 47.4 Å². The van der Waals surface area contributed by atoms with Gasteiger partial charge in [0.2, 0.25) is 5.56 Å². The Bertz CT molecular complexity index is 531. The minimum atomic E-state index is -0.100. The van der Waals surface area contributed by atoms with Crippen LogP contribution in [0.1, 0.15) is 12.0 Å². The number of hydrogen-bond acceptors (Lipinski definition) is 2. The Balaban J connectivity index is 2.43. The second-order valence-electron chi connectivity index (χ2n) is 3.93. The van der Waals surface area contributed by atoms with Crippen molar-refractivity contribution in [3.63, 3.8) is 0 Å². The van der Waals surface area contributed by atoms with Crippen molar-refractivity contribution in [1.82, 2.24) is 4.98 Å². The number of aliphatic hydroxyl groups excluding tert-OH is 1. The molecule has 1 heterocycles. The van der Waals surface area contributed by atoms with Crippen molar-refractivity contribution in [2.75, 3.05) is 6.61 Å². The smallest absolute Gasteiger partial charge is 0.248 e. The van der Waals surface area contributed by atoms with Crippen LogP contribution in [0.25, 0.3) is 11.1 Å². The summed E-state index contributed by atoms with van der Waals surface area (Å²) in [4.78, 5) is 14.1. The second-order valence-corrected chi connectivity index (χ2v) is 3.93. The number of aryl methyl sites for hydroxylation is 1. The first-order chi connectivity index (χ1) is 8.31. The molecule has 0 spiro atoms. The SMILES string of the molecule is O=c1cc(-c2ccccc2)c(CCCO)c[nH]1. The maximum absolute atomic E-state index is 11.4. The molecule has 0 aliphatic rings. The summed E-state index contributed by atoms with van der Waals surface area (Å²) < 4.78 is 0. The van der Waals surface area contributed by atoms with Crippen LogP contribution in [0.5, 0.6) is 0 Å². The first kappa shape index (κ1) is 11.6. The number of aromatic amines is 1. The number of pyridine rings is 1. The van der Waals surface area contributed by atoms with E-state index in [4.69, 9.17) is 5.11 Å². The zero-order valence-electron chi connectivity index (χ0n) is 9.52. The summed E-state index contributed by atoms with van der Waals surface area (Å²) in [5.74, 6) is 0. The molecule has 88 valence electrons. The van der Waals surface area contributed by atoms with Crippen LogP contribution in [-0.4, -0.2) is 16.7 Å². The Hall–Kier alpha value is -1.87. The number of benzene rings is 1. The molecule has 1 aromatic carbocycles. The summed E-state index contributed by atoms with van der Waals surface area (Å²) in [7, 11) is 0. The highest BCUT2D eigenvalue weighted by molar-refractivity contribution is 5.66. The van der Waals surface area contributed by atoms with Gasteiger partial charge in [-0.3, -0.25) is 4.79 Å².